The van der Waals surface area contributed by atoms with Gasteiger partial charge in [-0.2, -0.15) is 0 Å². The van der Waals surface area contributed by atoms with Crippen molar-refractivity contribution >= 4 is 23.2 Å². The number of rotatable bonds is 9. The van der Waals surface area contributed by atoms with E-state index in [0.29, 0.717) is 4.88 Å². The molecule has 0 aliphatic heterocycles. The molecule has 1 N–H and O–H groups in total. The maximum Gasteiger partial charge on any atom is 0.307 e. The molecule has 0 aliphatic carbocycles. The Morgan fingerprint density at radius 1 is 0.973 bits per heavy atom. The van der Waals surface area contributed by atoms with E-state index in [2.05, 4.69) is 94.9 Å². The highest BCUT2D eigenvalue weighted by atomic mass is 32.1. The average Bonchev–Trinajstić information content (AvgIpc) is 3.31. The van der Waals surface area contributed by atoms with Crippen LogP contribution in [-0.4, -0.2) is 25.5 Å². The van der Waals surface area contributed by atoms with E-state index < -0.39 is 0 Å². The molecule has 1 aromatic heterocycles. The van der Waals surface area contributed by atoms with E-state index in [9.17, 15) is 9.59 Å². The van der Waals surface area contributed by atoms with Gasteiger partial charge in [0.25, 0.3) is 5.91 Å². The van der Waals surface area contributed by atoms with Gasteiger partial charge < -0.3 is 14.8 Å². The first-order valence-electron chi connectivity index (χ1n) is 12.7. The van der Waals surface area contributed by atoms with Crippen LogP contribution in [0.2, 0.25) is 0 Å². The summed E-state index contributed by atoms with van der Waals surface area (Å²) < 4.78 is 11.1. The van der Waals surface area contributed by atoms with E-state index in [1.807, 2.05) is 12.1 Å². The number of hydrogen-bond donors (Lipinski definition) is 1. The molecule has 5 nitrogen and oxygen atoms in total. The third-order valence-electron chi connectivity index (χ3n) is 6.39. The molecular formula is C31H39NO4S. The third kappa shape index (κ3) is 7.22. The second kappa shape index (κ2) is 12.0. The molecule has 0 spiro atoms. The SMILES string of the molecule is COC(=O)CCNC(=O)c1ccc([C@H](Oc2cc(C)c(-c3ccc(C(C)(C)C)cc3)c(C)c2)C(C)C)s1. The zero-order chi connectivity index (χ0) is 27.3. The van der Waals surface area contributed by atoms with Crippen molar-refractivity contribution < 1.29 is 19.1 Å². The summed E-state index contributed by atoms with van der Waals surface area (Å²) in [6.45, 7) is 15.4. The maximum absolute atomic E-state index is 12.5. The molecule has 1 heterocycles. The fraction of sp³-hybridized carbons (Fsp3) is 0.419. The molecule has 3 rings (SSSR count). The molecule has 3 aromatic rings. The lowest BCUT2D eigenvalue weighted by molar-refractivity contribution is -0.140. The van der Waals surface area contributed by atoms with Gasteiger partial charge in [-0.05, 0) is 77.3 Å². The Balaban J connectivity index is 1.77. The zero-order valence-electron chi connectivity index (χ0n) is 23.2. The highest BCUT2D eigenvalue weighted by molar-refractivity contribution is 7.14. The second-order valence-electron chi connectivity index (χ2n) is 10.8. The van der Waals surface area contributed by atoms with Crippen LogP contribution in [0.4, 0.5) is 0 Å². The Kier molecular flexibility index (Phi) is 9.19. The van der Waals surface area contributed by atoms with Crippen molar-refractivity contribution in [2.24, 2.45) is 5.92 Å². The predicted octanol–water partition coefficient (Wildman–Crippen LogP) is 7.40. The number of aryl methyl sites for hydroxylation is 2. The molecule has 6 heteroatoms. The first-order chi connectivity index (χ1) is 17.4. The van der Waals surface area contributed by atoms with Crippen molar-refractivity contribution in [2.75, 3.05) is 13.7 Å². The summed E-state index contributed by atoms with van der Waals surface area (Å²) in [7, 11) is 1.34. The van der Waals surface area contributed by atoms with Crippen LogP contribution in [0.15, 0.2) is 48.5 Å². The van der Waals surface area contributed by atoms with Gasteiger partial charge in [0.05, 0.1) is 18.4 Å². The van der Waals surface area contributed by atoms with Gasteiger partial charge in [-0.15, -0.1) is 11.3 Å². The van der Waals surface area contributed by atoms with Crippen LogP contribution in [0, 0.1) is 19.8 Å². The minimum Gasteiger partial charge on any atom is -0.485 e. The Hall–Kier alpha value is -3.12. The number of esters is 1. The summed E-state index contributed by atoms with van der Waals surface area (Å²) in [6, 6.07) is 16.8. The lowest BCUT2D eigenvalue weighted by Gasteiger charge is -2.23. The van der Waals surface area contributed by atoms with Crippen LogP contribution in [-0.2, 0) is 14.9 Å². The Bertz CT molecular complexity index is 1210. The minimum absolute atomic E-state index is 0.123. The van der Waals surface area contributed by atoms with E-state index in [-0.39, 0.29) is 42.3 Å². The Morgan fingerprint density at radius 3 is 2.14 bits per heavy atom. The highest BCUT2D eigenvalue weighted by Gasteiger charge is 2.23. The van der Waals surface area contributed by atoms with Crippen molar-refractivity contribution in [3.05, 3.63) is 75.0 Å². The van der Waals surface area contributed by atoms with Crippen molar-refractivity contribution in [1.82, 2.24) is 5.32 Å². The molecule has 0 saturated heterocycles. The highest BCUT2D eigenvalue weighted by Crippen LogP contribution is 2.37. The third-order valence-corrected chi connectivity index (χ3v) is 7.53. The van der Waals surface area contributed by atoms with Gasteiger partial charge in [-0.1, -0.05) is 58.9 Å². The fourth-order valence-electron chi connectivity index (χ4n) is 4.35. The molecule has 198 valence electrons. The van der Waals surface area contributed by atoms with Crippen LogP contribution in [0.25, 0.3) is 11.1 Å². The first-order valence-corrected chi connectivity index (χ1v) is 13.6. The molecule has 0 aliphatic rings. The van der Waals surface area contributed by atoms with Crippen LogP contribution < -0.4 is 10.1 Å². The first kappa shape index (κ1) is 28.5. The Morgan fingerprint density at radius 2 is 1.59 bits per heavy atom. The van der Waals surface area contributed by atoms with Crippen LogP contribution in [0.5, 0.6) is 5.75 Å². The number of benzene rings is 2. The fourth-order valence-corrected chi connectivity index (χ4v) is 5.48. The van der Waals surface area contributed by atoms with Gasteiger partial charge in [0.1, 0.15) is 11.9 Å². The van der Waals surface area contributed by atoms with Crippen LogP contribution in [0.1, 0.15) is 78.4 Å². The smallest absolute Gasteiger partial charge is 0.307 e. The van der Waals surface area contributed by atoms with Crippen LogP contribution >= 0.6 is 11.3 Å². The van der Waals surface area contributed by atoms with E-state index in [0.717, 1.165) is 21.8 Å². The number of hydrogen-bond acceptors (Lipinski definition) is 5. The molecule has 1 atom stereocenters. The molecule has 0 fully saturated rings. The number of carbonyl (C=O) groups is 2. The lowest BCUT2D eigenvalue weighted by Crippen LogP contribution is -2.25. The number of methoxy groups -OCH3 is 1. The van der Waals surface area contributed by atoms with Crippen LogP contribution in [0.3, 0.4) is 0 Å². The van der Waals surface area contributed by atoms with E-state index in [4.69, 9.17) is 4.74 Å². The van der Waals surface area contributed by atoms with Crippen molar-refractivity contribution in [3.8, 4) is 16.9 Å². The van der Waals surface area contributed by atoms with Crippen molar-refractivity contribution in [1.29, 1.82) is 0 Å². The number of carbonyl (C=O) groups excluding carboxylic acids is 2. The maximum atomic E-state index is 12.5. The molecular weight excluding hydrogens is 482 g/mol. The van der Waals surface area contributed by atoms with Gasteiger partial charge in [0, 0.05) is 11.4 Å². The topological polar surface area (TPSA) is 64.6 Å². The molecule has 1 amide bonds. The molecule has 0 saturated carbocycles. The summed E-state index contributed by atoms with van der Waals surface area (Å²) in [5.74, 6) is 0.482. The summed E-state index contributed by atoms with van der Waals surface area (Å²) in [4.78, 5) is 25.4. The average molecular weight is 522 g/mol. The zero-order valence-corrected chi connectivity index (χ0v) is 24.0. The largest absolute Gasteiger partial charge is 0.485 e. The van der Waals surface area contributed by atoms with Gasteiger partial charge in [0.2, 0.25) is 0 Å². The monoisotopic (exact) mass is 521 g/mol. The van der Waals surface area contributed by atoms with Crippen molar-refractivity contribution in [2.45, 2.75) is 66.4 Å². The molecule has 37 heavy (non-hydrogen) atoms. The minimum atomic E-state index is -0.348. The summed E-state index contributed by atoms with van der Waals surface area (Å²) in [5, 5.41) is 2.77. The summed E-state index contributed by atoms with van der Waals surface area (Å²) >= 11 is 1.42. The lowest BCUT2D eigenvalue weighted by atomic mass is 9.85. The van der Waals surface area contributed by atoms with E-state index in [1.54, 1.807) is 0 Å². The predicted molar refractivity (Wildman–Crippen MR) is 152 cm³/mol. The summed E-state index contributed by atoms with van der Waals surface area (Å²) in [5.41, 5.74) is 6.21. The van der Waals surface area contributed by atoms with Gasteiger partial charge >= 0.3 is 5.97 Å². The number of amides is 1. The van der Waals surface area contributed by atoms with E-state index >= 15 is 0 Å². The quantitative estimate of drug-likeness (QED) is 0.298. The van der Waals surface area contributed by atoms with Gasteiger partial charge in [-0.3, -0.25) is 9.59 Å². The Labute approximate surface area is 225 Å². The normalized spacial score (nSPS) is 12.4. The number of ether oxygens (including phenoxy) is 2. The summed E-state index contributed by atoms with van der Waals surface area (Å²) in [6.07, 6.45) is -0.0366. The second-order valence-corrected chi connectivity index (χ2v) is 11.9. The number of thiophene rings is 1. The molecule has 0 bridgehead atoms. The standard InChI is InChI=1S/C31H39NO4S/c1-19(2)29(25-13-14-26(37-25)30(34)32-16-15-27(33)35-8)36-24-17-20(3)28(21(4)18-24)22-9-11-23(12-10-22)31(5,6)7/h9-14,17-19,29H,15-16H2,1-8H3,(H,32,34)/t29-/m1/s1. The molecule has 2 aromatic carbocycles. The van der Waals surface area contributed by atoms with Gasteiger partial charge in [0.15, 0.2) is 0 Å². The van der Waals surface area contributed by atoms with E-state index in [1.165, 1.54) is 35.1 Å². The van der Waals surface area contributed by atoms with Crippen molar-refractivity contribution in [3.63, 3.8) is 0 Å². The molecule has 0 unspecified atom stereocenters. The molecule has 0 radical (unpaired) electrons. The number of nitrogens with one attached hydrogen (secondary N) is 1. The van der Waals surface area contributed by atoms with Gasteiger partial charge in [-0.25, -0.2) is 0 Å².